The highest BCUT2D eigenvalue weighted by Gasteiger charge is 2.39. The van der Waals surface area contributed by atoms with Crippen molar-refractivity contribution in [2.75, 3.05) is 12.4 Å². The standard InChI is InChI=1S/C24H21N5O5S/c1-34-20-13-18(29(32)33)10-11-19(20)27-22(30)14-21-23(31)28(15-17-9-5-6-12-25-17)24(35-21)26-16-7-3-2-4-8-16/h2-13,21H,14-15H2,1H3,(H,27,30). The Bertz CT molecular complexity index is 1270. The molecule has 0 spiro atoms. The average Bonchev–Trinajstić information content (AvgIpc) is 3.14. The van der Waals surface area contributed by atoms with Crippen molar-refractivity contribution in [3.05, 3.63) is 88.7 Å². The summed E-state index contributed by atoms with van der Waals surface area (Å²) in [5.41, 5.74) is 1.51. The third kappa shape index (κ3) is 5.82. The molecule has 3 aromatic rings. The summed E-state index contributed by atoms with van der Waals surface area (Å²) in [5.74, 6) is -0.524. The maximum absolute atomic E-state index is 13.3. The van der Waals surface area contributed by atoms with Crippen LogP contribution in [0.2, 0.25) is 0 Å². The molecule has 10 nitrogen and oxygen atoms in total. The molecule has 4 rings (SSSR count). The Morgan fingerprint density at radius 1 is 1.20 bits per heavy atom. The summed E-state index contributed by atoms with van der Waals surface area (Å²) in [4.78, 5) is 47.0. The predicted octanol–water partition coefficient (Wildman–Crippen LogP) is 4.16. The number of ether oxygens (including phenoxy) is 1. The number of rotatable bonds is 8. The van der Waals surface area contributed by atoms with Gasteiger partial charge in [-0.15, -0.1) is 0 Å². The largest absolute Gasteiger partial charge is 0.494 e. The molecule has 0 saturated carbocycles. The molecule has 1 aromatic heterocycles. The van der Waals surface area contributed by atoms with Gasteiger partial charge in [0.1, 0.15) is 11.0 Å². The zero-order chi connectivity index (χ0) is 24.8. The maximum Gasteiger partial charge on any atom is 0.273 e. The number of thioether (sulfide) groups is 1. The summed E-state index contributed by atoms with van der Waals surface area (Å²) >= 11 is 1.21. The van der Waals surface area contributed by atoms with E-state index < -0.39 is 16.1 Å². The number of non-ortho nitro benzene ring substituents is 1. The minimum Gasteiger partial charge on any atom is -0.494 e. The summed E-state index contributed by atoms with van der Waals surface area (Å²) in [5, 5.41) is 13.5. The van der Waals surface area contributed by atoms with Gasteiger partial charge >= 0.3 is 0 Å². The first kappa shape index (κ1) is 23.9. The zero-order valence-electron chi connectivity index (χ0n) is 18.7. The van der Waals surface area contributed by atoms with Gasteiger partial charge in [-0.1, -0.05) is 36.0 Å². The first-order valence-corrected chi connectivity index (χ1v) is 11.5. The summed E-state index contributed by atoms with van der Waals surface area (Å²) in [6.45, 7) is 0.229. The lowest BCUT2D eigenvalue weighted by Crippen LogP contribution is -2.33. The van der Waals surface area contributed by atoms with E-state index in [0.29, 0.717) is 16.5 Å². The molecule has 2 heterocycles. The average molecular weight is 492 g/mol. The minimum absolute atomic E-state index is 0.115. The van der Waals surface area contributed by atoms with Crippen molar-refractivity contribution in [1.82, 2.24) is 9.88 Å². The van der Waals surface area contributed by atoms with E-state index in [2.05, 4.69) is 15.3 Å². The van der Waals surface area contributed by atoms with Crippen molar-refractivity contribution in [2.45, 2.75) is 18.2 Å². The quantitative estimate of drug-likeness (QED) is 0.370. The highest BCUT2D eigenvalue weighted by Crippen LogP contribution is 2.34. The van der Waals surface area contributed by atoms with Gasteiger partial charge in [-0.2, -0.15) is 0 Å². The van der Waals surface area contributed by atoms with E-state index in [4.69, 9.17) is 4.74 Å². The van der Waals surface area contributed by atoms with Crippen molar-refractivity contribution in [1.29, 1.82) is 0 Å². The summed E-state index contributed by atoms with van der Waals surface area (Å²) in [6, 6.07) is 18.6. The molecule has 1 saturated heterocycles. The Morgan fingerprint density at radius 3 is 2.66 bits per heavy atom. The van der Waals surface area contributed by atoms with Crippen molar-refractivity contribution in [3.63, 3.8) is 0 Å². The van der Waals surface area contributed by atoms with Crippen LogP contribution in [0.15, 0.2) is 77.9 Å². The molecule has 1 aliphatic rings. The van der Waals surface area contributed by atoms with Crippen LogP contribution >= 0.6 is 11.8 Å². The fraction of sp³-hybridized carbons (Fsp3) is 0.167. The number of hydrogen-bond donors (Lipinski definition) is 1. The van der Waals surface area contributed by atoms with Crippen molar-refractivity contribution in [3.8, 4) is 5.75 Å². The third-order valence-corrected chi connectivity index (χ3v) is 6.26. The van der Waals surface area contributed by atoms with Crippen LogP contribution in [-0.4, -0.2) is 44.1 Å². The molecule has 1 N–H and O–H groups in total. The van der Waals surface area contributed by atoms with Gasteiger partial charge in [0.15, 0.2) is 5.17 Å². The SMILES string of the molecule is COc1cc([N+](=O)[O-])ccc1NC(=O)CC1SC(=Nc2ccccc2)N(Cc2ccccn2)C1=O. The van der Waals surface area contributed by atoms with E-state index in [1.54, 1.807) is 12.3 Å². The van der Waals surface area contributed by atoms with Gasteiger partial charge in [-0.05, 0) is 30.3 Å². The Morgan fingerprint density at radius 2 is 1.97 bits per heavy atom. The van der Waals surface area contributed by atoms with Gasteiger partial charge in [0.25, 0.3) is 5.69 Å². The second kappa shape index (κ2) is 10.8. The number of carbonyl (C=O) groups excluding carboxylic acids is 2. The molecule has 178 valence electrons. The number of amidine groups is 1. The fourth-order valence-corrected chi connectivity index (χ4v) is 4.56. The van der Waals surface area contributed by atoms with Gasteiger partial charge in [0.05, 0.1) is 41.7 Å². The second-order valence-electron chi connectivity index (χ2n) is 7.48. The highest BCUT2D eigenvalue weighted by molar-refractivity contribution is 8.15. The molecule has 0 bridgehead atoms. The minimum atomic E-state index is -0.690. The van der Waals surface area contributed by atoms with Crippen LogP contribution < -0.4 is 10.1 Å². The number of nitrogens with one attached hydrogen (secondary N) is 1. The molecule has 35 heavy (non-hydrogen) atoms. The molecule has 1 atom stereocenters. The van der Waals surface area contributed by atoms with Crippen LogP contribution in [0.5, 0.6) is 5.75 Å². The molecular formula is C24H21N5O5S. The molecule has 11 heteroatoms. The van der Waals surface area contributed by atoms with Crippen molar-refractivity contribution < 1.29 is 19.2 Å². The van der Waals surface area contributed by atoms with Gasteiger partial charge < -0.3 is 10.1 Å². The van der Waals surface area contributed by atoms with Crippen LogP contribution in [0.25, 0.3) is 0 Å². The summed E-state index contributed by atoms with van der Waals surface area (Å²) in [6.07, 6.45) is 1.54. The second-order valence-corrected chi connectivity index (χ2v) is 8.65. The Labute approximate surface area is 205 Å². The van der Waals surface area contributed by atoms with E-state index in [0.717, 1.165) is 0 Å². The number of hydrogen-bond acceptors (Lipinski definition) is 8. The fourth-order valence-electron chi connectivity index (χ4n) is 3.40. The molecular weight excluding hydrogens is 470 g/mol. The molecule has 0 aliphatic carbocycles. The van der Waals surface area contributed by atoms with Gasteiger partial charge in [0, 0.05) is 18.7 Å². The number of aromatic nitrogens is 1. The Hall–Kier alpha value is -4.25. The number of aliphatic imine (C=N–C) groups is 1. The molecule has 1 unspecified atom stereocenters. The van der Waals surface area contributed by atoms with Gasteiger partial charge in [-0.25, -0.2) is 4.99 Å². The van der Waals surface area contributed by atoms with Crippen molar-refractivity contribution in [2.24, 2.45) is 4.99 Å². The zero-order valence-corrected chi connectivity index (χ0v) is 19.5. The van der Waals surface area contributed by atoms with E-state index in [9.17, 15) is 19.7 Å². The molecule has 2 aromatic carbocycles. The number of pyridine rings is 1. The summed E-state index contributed by atoms with van der Waals surface area (Å²) < 4.78 is 5.17. The Balaban J connectivity index is 1.52. The highest BCUT2D eigenvalue weighted by atomic mass is 32.2. The number of carbonyl (C=O) groups is 2. The first-order chi connectivity index (χ1) is 16.9. The molecule has 2 amide bonds. The predicted molar refractivity (Wildman–Crippen MR) is 133 cm³/mol. The number of nitro benzene ring substituents is 1. The number of amides is 2. The van der Waals surface area contributed by atoms with E-state index in [-0.39, 0.29) is 36.0 Å². The number of benzene rings is 2. The van der Waals surface area contributed by atoms with Gasteiger partial charge in [0.2, 0.25) is 11.8 Å². The smallest absolute Gasteiger partial charge is 0.273 e. The lowest BCUT2D eigenvalue weighted by Gasteiger charge is -2.16. The number of methoxy groups -OCH3 is 1. The summed E-state index contributed by atoms with van der Waals surface area (Å²) in [7, 11) is 1.35. The third-order valence-electron chi connectivity index (χ3n) is 5.09. The lowest BCUT2D eigenvalue weighted by molar-refractivity contribution is -0.384. The van der Waals surface area contributed by atoms with Crippen LogP contribution in [0.4, 0.5) is 17.1 Å². The molecule has 0 radical (unpaired) electrons. The number of anilines is 1. The van der Waals surface area contributed by atoms with Crippen molar-refractivity contribution >= 4 is 45.8 Å². The van der Waals surface area contributed by atoms with Crippen LogP contribution in [-0.2, 0) is 16.1 Å². The van der Waals surface area contributed by atoms with Crippen LogP contribution in [0.1, 0.15) is 12.1 Å². The molecule has 1 aliphatic heterocycles. The number of nitrogens with zero attached hydrogens (tertiary/aromatic N) is 4. The van der Waals surface area contributed by atoms with Crippen LogP contribution in [0.3, 0.4) is 0 Å². The topological polar surface area (TPSA) is 127 Å². The lowest BCUT2D eigenvalue weighted by atomic mass is 10.2. The van der Waals surface area contributed by atoms with E-state index in [1.165, 1.54) is 42.0 Å². The van der Waals surface area contributed by atoms with Gasteiger partial charge in [-0.3, -0.25) is 29.6 Å². The monoisotopic (exact) mass is 491 g/mol. The maximum atomic E-state index is 13.3. The molecule has 1 fully saturated rings. The van der Waals surface area contributed by atoms with E-state index >= 15 is 0 Å². The normalized spacial score (nSPS) is 16.4. The van der Waals surface area contributed by atoms with Crippen LogP contribution in [0, 0.1) is 10.1 Å². The van der Waals surface area contributed by atoms with E-state index in [1.807, 2.05) is 42.5 Å². The number of para-hydroxylation sites is 1. The number of nitro groups is 1. The Kier molecular flexibility index (Phi) is 7.36. The first-order valence-electron chi connectivity index (χ1n) is 10.6.